The summed E-state index contributed by atoms with van der Waals surface area (Å²) in [5, 5.41) is 13.9. The summed E-state index contributed by atoms with van der Waals surface area (Å²) in [5.74, 6) is -3.83. The van der Waals surface area contributed by atoms with E-state index >= 15 is 0 Å². The number of hydrogen-bond donors (Lipinski definition) is 1. The number of nitro groups is 1. The van der Waals surface area contributed by atoms with E-state index in [2.05, 4.69) is 5.32 Å². The Morgan fingerprint density at radius 2 is 1.76 bits per heavy atom. The molecule has 6 atom stereocenters. The van der Waals surface area contributed by atoms with E-state index in [1.54, 1.807) is 0 Å². The number of carbonyl (C=O) groups is 4. The maximum atomic E-state index is 12.7. The lowest BCUT2D eigenvalue weighted by Gasteiger charge is -2.42. The maximum Gasteiger partial charge on any atom is 0.331 e. The second-order valence-electron chi connectivity index (χ2n) is 7.44. The molecule has 3 rings (SSSR count). The average Bonchev–Trinajstić information content (AvgIpc) is 3.02. The quantitative estimate of drug-likeness (QED) is 0.259. The molecule has 0 unspecified atom stereocenters. The van der Waals surface area contributed by atoms with Gasteiger partial charge >= 0.3 is 23.9 Å². The fraction of sp³-hybridized carbons (Fsp3) is 0.500. The summed E-state index contributed by atoms with van der Waals surface area (Å²) in [7, 11) is 0. The zero-order valence-electron chi connectivity index (χ0n) is 17.9. The summed E-state index contributed by atoms with van der Waals surface area (Å²) >= 11 is 0. The van der Waals surface area contributed by atoms with E-state index < -0.39 is 65.4 Å². The molecule has 2 aliphatic heterocycles. The number of benzene rings is 1. The van der Waals surface area contributed by atoms with E-state index in [9.17, 15) is 29.3 Å². The Morgan fingerprint density at radius 1 is 1.09 bits per heavy atom. The summed E-state index contributed by atoms with van der Waals surface area (Å²) < 4.78 is 26.8. The molecule has 2 aliphatic rings. The molecule has 33 heavy (non-hydrogen) atoms. The Morgan fingerprint density at radius 3 is 2.36 bits per heavy atom. The Balaban J connectivity index is 1.94. The third-order valence-corrected chi connectivity index (χ3v) is 5.00. The first kappa shape index (κ1) is 23.9. The molecule has 0 amide bonds. The van der Waals surface area contributed by atoms with Gasteiger partial charge in [0.2, 0.25) is 6.29 Å². The zero-order valence-corrected chi connectivity index (χ0v) is 17.9. The third-order valence-electron chi connectivity index (χ3n) is 5.00. The molecular formula is C20H22N2O11. The minimum atomic E-state index is -1.23. The lowest BCUT2D eigenvalue weighted by atomic mass is 9.86. The number of ether oxygens (including phenoxy) is 5. The number of non-ortho nitro benzene ring substituents is 1. The summed E-state index contributed by atoms with van der Waals surface area (Å²) in [6, 6.07) is 4.27. The van der Waals surface area contributed by atoms with E-state index in [1.807, 2.05) is 0 Å². The predicted octanol–water partition coefficient (Wildman–Crippen LogP) is 0.700. The molecule has 0 radical (unpaired) electrons. The van der Waals surface area contributed by atoms with Gasteiger partial charge in [-0.25, -0.2) is 4.79 Å². The molecule has 0 spiro atoms. The highest BCUT2D eigenvalue weighted by atomic mass is 16.7. The van der Waals surface area contributed by atoms with Gasteiger partial charge in [-0.3, -0.25) is 24.5 Å². The molecule has 0 aromatic heterocycles. The lowest BCUT2D eigenvalue weighted by molar-refractivity contribution is -0.384. The van der Waals surface area contributed by atoms with Crippen LogP contribution in [0.2, 0.25) is 0 Å². The molecule has 13 heteroatoms. The monoisotopic (exact) mass is 466 g/mol. The van der Waals surface area contributed by atoms with Crippen molar-refractivity contribution in [1.82, 2.24) is 0 Å². The van der Waals surface area contributed by atoms with Crippen LogP contribution in [0.3, 0.4) is 0 Å². The summed E-state index contributed by atoms with van der Waals surface area (Å²) in [4.78, 5) is 58.0. The first-order valence-corrected chi connectivity index (χ1v) is 9.91. The molecule has 2 fully saturated rings. The van der Waals surface area contributed by atoms with Crippen LogP contribution in [0.1, 0.15) is 20.8 Å². The molecule has 1 N–H and O–H groups in total. The SMILES string of the molecule is CC(=O)OC[C@H]1O[C@@H]2OC(=O)[C@H](Nc3cccc([N+](=O)[O-])c3)[C@@H]2[C@@H](OC(C)=O)[C@H]1OC(C)=O. The second-order valence-corrected chi connectivity index (χ2v) is 7.44. The van der Waals surface area contributed by atoms with Crippen LogP contribution in [-0.4, -0.2) is 66.1 Å². The van der Waals surface area contributed by atoms with Gasteiger partial charge in [0.1, 0.15) is 18.8 Å². The number of nitrogens with zero attached hydrogens (tertiary/aromatic N) is 1. The molecule has 1 aromatic carbocycles. The van der Waals surface area contributed by atoms with Gasteiger partial charge < -0.3 is 29.0 Å². The smallest absolute Gasteiger partial charge is 0.331 e. The van der Waals surface area contributed by atoms with Gasteiger partial charge in [-0.1, -0.05) is 6.07 Å². The number of nitrogens with one attached hydrogen (secondary N) is 1. The van der Waals surface area contributed by atoms with Crippen molar-refractivity contribution in [2.24, 2.45) is 5.92 Å². The number of hydrogen-bond acceptors (Lipinski definition) is 12. The third kappa shape index (κ3) is 5.55. The van der Waals surface area contributed by atoms with E-state index in [1.165, 1.54) is 31.2 Å². The van der Waals surface area contributed by atoms with Crippen molar-refractivity contribution in [3.05, 3.63) is 34.4 Å². The van der Waals surface area contributed by atoms with Gasteiger partial charge in [0.05, 0.1) is 10.8 Å². The summed E-state index contributed by atoms with van der Waals surface area (Å²) in [6.07, 6.45) is -4.76. The van der Waals surface area contributed by atoms with Crippen LogP contribution < -0.4 is 5.32 Å². The second kappa shape index (κ2) is 9.81. The van der Waals surface area contributed by atoms with Crippen LogP contribution in [-0.2, 0) is 42.9 Å². The summed E-state index contributed by atoms with van der Waals surface area (Å²) in [5.41, 5.74) is 0.0260. The van der Waals surface area contributed by atoms with E-state index in [4.69, 9.17) is 23.7 Å². The fourth-order valence-corrected chi connectivity index (χ4v) is 3.77. The van der Waals surface area contributed by atoms with Crippen molar-refractivity contribution in [3.63, 3.8) is 0 Å². The molecule has 2 heterocycles. The van der Waals surface area contributed by atoms with Crippen LogP contribution >= 0.6 is 0 Å². The highest BCUT2D eigenvalue weighted by molar-refractivity contribution is 5.82. The maximum absolute atomic E-state index is 12.7. The van der Waals surface area contributed by atoms with Gasteiger partial charge in [-0.2, -0.15) is 0 Å². The fourth-order valence-electron chi connectivity index (χ4n) is 3.77. The normalized spacial score (nSPS) is 28.2. The number of nitro benzene ring substituents is 1. The highest BCUT2D eigenvalue weighted by Gasteiger charge is 2.60. The molecule has 0 saturated carbocycles. The Kier molecular flexibility index (Phi) is 7.11. The van der Waals surface area contributed by atoms with Crippen molar-refractivity contribution in [2.45, 2.75) is 51.4 Å². The van der Waals surface area contributed by atoms with E-state index in [-0.39, 0.29) is 18.0 Å². The molecular weight excluding hydrogens is 444 g/mol. The number of esters is 4. The van der Waals surface area contributed by atoms with Crippen LogP contribution in [0.25, 0.3) is 0 Å². The molecule has 178 valence electrons. The highest BCUT2D eigenvalue weighted by Crippen LogP contribution is 2.39. The van der Waals surface area contributed by atoms with Gasteiger partial charge in [0.15, 0.2) is 12.2 Å². The minimum absolute atomic E-state index is 0.210. The summed E-state index contributed by atoms with van der Waals surface area (Å²) in [6.45, 7) is 3.09. The van der Waals surface area contributed by atoms with Gasteiger partial charge in [-0.15, -0.1) is 0 Å². The van der Waals surface area contributed by atoms with E-state index in [0.717, 1.165) is 13.8 Å². The number of rotatable bonds is 7. The average molecular weight is 466 g/mol. The Bertz CT molecular complexity index is 965. The van der Waals surface area contributed by atoms with Crippen LogP contribution in [0.15, 0.2) is 24.3 Å². The number of fused-ring (bicyclic) bond motifs is 1. The van der Waals surface area contributed by atoms with Gasteiger partial charge in [0.25, 0.3) is 5.69 Å². The molecule has 0 bridgehead atoms. The first-order valence-electron chi connectivity index (χ1n) is 9.91. The van der Waals surface area contributed by atoms with Crippen molar-refractivity contribution in [3.8, 4) is 0 Å². The van der Waals surface area contributed by atoms with E-state index in [0.29, 0.717) is 0 Å². The Hall–Kier alpha value is -3.74. The van der Waals surface area contributed by atoms with Crippen molar-refractivity contribution < 1.29 is 47.8 Å². The molecule has 1 aromatic rings. The number of anilines is 1. The molecule has 0 aliphatic carbocycles. The van der Waals surface area contributed by atoms with Crippen LogP contribution in [0.4, 0.5) is 11.4 Å². The topological polar surface area (TPSA) is 170 Å². The lowest BCUT2D eigenvalue weighted by Crippen LogP contribution is -2.60. The molecule has 2 saturated heterocycles. The van der Waals surface area contributed by atoms with Crippen molar-refractivity contribution >= 4 is 35.3 Å². The van der Waals surface area contributed by atoms with Crippen molar-refractivity contribution in [1.29, 1.82) is 0 Å². The predicted molar refractivity (Wildman–Crippen MR) is 106 cm³/mol. The minimum Gasteiger partial charge on any atom is -0.463 e. The van der Waals surface area contributed by atoms with Crippen LogP contribution in [0.5, 0.6) is 0 Å². The number of carbonyl (C=O) groups excluding carboxylic acids is 4. The van der Waals surface area contributed by atoms with Crippen LogP contribution in [0, 0.1) is 16.0 Å². The van der Waals surface area contributed by atoms with Crippen molar-refractivity contribution in [2.75, 3.05) is 11.9 Å². The Labute approximate surface area is 187 Å². The largest absolute Gasteiger partial charge is 0.463 e. The van der Waals surface area contributed by atoms with Gasteiger partial charge in [0, 0.05) is 38.6 Å². The molecule has 13 nitrogen and oxygen atoms in total. The standard InChI is InChI=1S/C20H22N2O11/c1-9(23)29-8-14-17(30-10(2)24)18(31-11(3)25)15-16(19(26)33-20(15)32-14)21-12-5-4-6-13(7-12)22(27)28/h4-7,14-18,20-21H,8H2,1-3H3/t14-,15-,16-,17+,18-,20-/m1/s1. The van der Waals surface area contributed by atoms with Gasteiger partial charge in [-0.05, 0) is 6.07 Å². The zero-order chi connectivity index (χ0) is 24.3. The first-order chi connectivity index (χ1) is 15.6.